The second-order valence-electron chi connectivity index (χ2n) is 7.61. The summed E-state index contributed by atoms with van der Waals surface area (Å²) in [5.74, 6) is 1.50. The van der Waals surface area contributed by atoms with Gasteiger partial charge in [-0.25, -0.2) is 4.79 Å². The average Bonchev–Trinajstić information content (AvgIpc) is 2.51. The van der Waals surface area contributed by atoms with Crippen LogP contribution in [-0.2, 0) is 4.74 Å². The van der Waals surface area contributed by atoms with Gasteiger partial charge < -0.3 is 15.0 Å². The smallest absolute Gasteiger partial charge is 0.317 e. The Labute approximate surface area is 134 Å². The number of carbonyl (C=O) groups excluding carboxylic acids is 1. The molecule has 0 aromatic carbocycles. The summed E-state index contributed by atoms with van der Waals surface area (Å²) in [5, 5.41) is 3.28. The molecule has 0 unspecified atom stereocenters. The van der Waals surface area contributed by atoms with E-state index in [1.54, 1.807) is 0 Å². The predicted molar refractivity (Wildman–Crippen MR) is 86.8 cm³/mol. The summed E-state index contributed by atoms with van der Waals surface area (Å²) in [5.41, 5.74) is 0. The minimum Gasteiger partial charge on any atom is -0.375 e. The molecule has 2 amide bonds. The van der Waals surface area contributed by atoms with Crippen molar-refractivity contribution in [1.82, 2.24) is 15.1 Å². The normalized spacial score (nSPS) is 40.1. The lowest BCUT2D eigenvalue weighted by atomic mass is 9.79. The number of urea groups is 1. The van der Waals surface area contributed by atoms with Gasteiger partial charge in [-0.05, 0) is 44.6 Å². The van der Waals surface area contributed by atoms with E-state index in [4.69, 9.17) is 4.74 Å². The number of morpholine rings is 1. The van der Waals surface area contributed by atoms with Crippen LogP contribution >= 0.6 is 0 Å². The minimum absolute atomic E-state index is 0.129. The van der Waals surface area contributed by atoms with E-state index in [1.807, 2.05) is 4.90 Å². The number of ether oxygens (including phenoxy) is 1. The Morgan fingerprint density at radius 3 is 2.73 bits per heavy atom. The number of nitrogens with zero attached hydrogens (tertiary/aromatic N) is 2. The summed E-state index contributed by atoms with van der Waals surface area (Å²) in [4.78, 5) is 16.9. The Morgan fingerprint density at radius 2 is 1.95 bits per heavy atom. The van der Waals surface area contributed by atoms with Gasteiger partial charge in [0.05, 0.1) is 18.8 Å². The minimum atomic E-state index is 0.129. The van der Waals surface area contributed by atoms with Crippen LogP contribution in [0, 0.1) is 11.8 Å². The highest BCUT2D eigenvalue weighted by Crippen LogP contribution is 2.29. The standard InChI is InChI=1S/C17H31N3O2/c1-12-4-5-14(10-13(12)2)18-17(21)20-7-6-16-15(11-20)19(3)8-9-22-16/h12-16H,4-11H2,1-3H3,(H,18,21)/t12-,13-,14+,15-,16+/m1/s1. The SMILES string of the molecule is C[C@@H]1CC[C@H](NC(=O)N2CC[C@@H]3OCCN(C)[C@@H]3C2)C[C@H]1C. The number of piperidine rings is 1. The number of hydrogen-bond acceptors (Lipinski definition) is 3. The molecule has 3 fully saturated rings. The maximum atomic E-state index is 12.6. The topological polar surface area (TPSA) is 44.8 Å². The Bertz CT molecular complexity index is 403. The lowest BCUT2D eigenvalue weighted by Gasteiger charge is -2.46. The van der Waals surface area contributed by atoms with Crippen molar-refractivity contribution in [3.63, 3.8) is 0 Å². The molecule has 0 spiro atoms. The Hall–Kier alpha value is -0.810. The van der Waals surface area contributed by atoms with E-state index in [9.17, 15) is 4.79 Å². The maximum absolute atomic E-state index is 12.6. The first-order valence-electron chi connectivity index (χ1n) is 8.92. The van der Waals surface area contributed by atoms with E-state index in [2.05, 4.69) is 31.1 Å². The third-order valence-electron chi connectivity index (χ3n) is 6.08. The fourth-order valence-electron chi connectivity index (χ4n) is 4.17. The van der Waals surface area contributed by atoms with Gasteiger partial charge in [0.25, 0.3) is 0 Å². The van der Waals surface area contributed by atoms with Crippen LogP contribution in [0.5, 0.6) is 0 Å². The van der Waals surface area contributed by atoms with Crippen LogP contribution in [0.4, 0.5) is 4.79 Å². The predicted octanol–water partition coefficient (Wildman–Crippen LogP) is 1.93. The summed E-state index contributed by atoms with van der Waals surface area (Å²) >= 11 is 0. The molecule has 22 heavy (non-hydrogen) atoms. The summed E-state index contributed by atoms with van der Waals surface area (Å²) < 4.78 is 5.86. The van der Waals surface area contributed by atoms with Gasteiger partial charge in [-0.15, -0.1) is 0 Å². The van der Waals surface area contributed by atoms with Crippen LogP contribution in [0.2, 0.25) is 0 Å². The molecule has 2 heterocycles. The summed E-state index contributed by atoms with van der Waals surface area (Å²) in [6.45, 7) is 8.04. The van der Waals surface area contributed by atoms with Gasteiger partial charge in [0, 0.05) is 25.7 Å². The van der Waals surface area contributed by atoms with E-state index >= 15 is 0 Å². The van der Waals surface area contributed by atoms with Crippen LogP contribution < -0.4 is 5.32 Å². The van der Waals surface area contributed by atoms with Crippen molar-refractivity contribution >= 4 is 6.03 Å². The molecule has 1 N–H and O–H groups in total. The van der Waals surface area contributed by atoms with Crippen LogP contribution in [0.15, 0.2) is 0 Å². The van der Waals surface area contributed by atoms with Gasteiger partial charge >= 0.3 is 6.03 Å². The zero-order chi connectivity index (χ0) is 15.7. The molecule has 5 atom stereocenters. The fraction of sp³-hybridized carbons (Fsp3) is 0.941. The number of hydrogen-bond donors (Lipinski definition) is 1. The highest BCUT2D eigenvalue weighted by atomic mass is 16.5. The number of nitrogens with one attached hydrogen (secondary N) is 1. The third kappa shape index (κ3) is 3.40. The molecule has 0 aromatic rings. The molecular weight excluding hydrogens is 278 g/mol. The fourth-order valence-corrected chi connectivity index (χ4v) is 4.17. The van der Waals surface area contributed by atoms with Crippen molar-refractivity contribution in [2.45, 2.75) is 57.7 Å². The third-order valence-corrected chi connectivity index (χ3v) is 6.08. The first-order chi connectivity index (χ1) is 10.5. The highest BCUT2D eigenvalue weighted by Gasteiger charge is 2.37. The maximum Gasteiger partial charge on any atom is 0.317 e. The van der Waals surface area contributed by atoms with Crippen molar-refractivity contribution in [2.24, 2.45) is 11.8 Å². The average molecular weight is 309 g/mol. The number of likely N-dealkylation sites (tertiary alicyclic amines) is 1. The molecule has 5 heteroatoms. The second kappa shape index (κ2) is 6.75. The van der Waals surface area contributed by atoms with Crippen molar-refractivity contribution in [2.75, 3.05) is 33.3 Å². The molecule has 2 saturated heterocycles. The first-order valence-corrected chi connectivity index (χ1v) is 8.92. The van der Waals surface area contributed by atoms with Gasteiger partial charge in [-0.1, -0.05) is 13.8 Å². The molecule has 126 valence electrons. The van der Waals surface area contributed by atoms with Crippen molar-refractivity contribution in [3.05, 3.63) is 0 Å². The van der Waals surface area contributed by atoms with E-state index in [-0.39, 0.29) is 6.03 Å². The monoisotopic (exact) mass is 309 g/mol. The zero-order valence-corrected chi connectivity index (χ0v) is 14.3. The van der Waals surface area contributed by atoms with Crippen LogP contribution in [0.25, 0.3) is 0 Å². The van der Waals surface area contributed by atoms with Gasteiger partial charge in [-0.3, -0.25) is 4.90 Å². The number of likely N-dealkylation sites (N-methyl/N-ethyl adjacent to an activating group) is 1. The molecular formula is C17H31N3O2. The van der Waals surface area contributed by atoms with Gasteiger partial charge in [0.2, 0.25) is 0 Å². The molecule has 1 saturated carbocycles. The summed E-state index contributed by atoms with van der Waals surface area (Å²) in [6, 6.07) is 0.847. The van der Waals surface area contributed by atoms with Crippen LogP contribution in [-0.4, -0.2) is 67.3 Å². The number of carbonyl (C=O) groups is 1. The molecule has 2 aliphatic heterocycles. The Balaban J connectivity index is 1.52. The number of fused-ring (bicyclic) bond motifs is 1. The Morgan fingerprint density at radius 1 is 1.14 bits per heavy atom. The van der Waals surface area contributed by atoms with E-state index in [0.717, 1.165) is 51.4 Å². The Kier molecular flexibility index (Phi) is 4.93. The summed E-state index contributed by atoms with van der Waals surface area (Å²) in [6.07, 6.45) is 4.74. The lowest BCUT2D eigenvalue weighted by Crippen LogP contribution is -2.61. The van der Waals surface area contributed by atoms with Gasteiger partial charge in [-0.2, -0.15) is 0 Å². The van der Waals surface area contributed by atoms with Crippen molar-refractivity contribution in [1.29, 1.82) is 0 Å². The van der Waals surface area contributed by atoms with Crippen molar-refractivity contribution in [3.8, 4) is 0 Å². The van der Waals surface area contributed by atoms with Crippen molar-refractivity contribution < 1.29 is 9.53 Å². The van der Waals surface area contributed by atoms with E-state index < -0.39 is 0 Å². The van der Waals surface area contributed by atoms with Crippen LogP contribution in [0.3, 0.4) is 0 Å². The zero-order valence-electron chi connectivity index (χ0n) is 14.3. The largest absolute Gasteiger partial charge is 0.375 e. The highest BCUT2D eigenvalue weighted by molar-refractivity contribution is 5.74. The molecule has 3 rings (SSSR count). The first kappa shape index (κ1) is 16.1. The number of rotatable bonds is 1. The molecule has 0 bridgehead atoms. The molecule has 0 radical (unpaired) electrons. The molecule has 3 aliphatic rings. The number of amides is 2. The van der Waals surface area contributed by atoms with Crippen LogP contribution in [0.1, 0.15) is 39.5 Å². The van der Waals surface area contributed by atoms with Gasteiger partial charge in [0.1, 0.15) is 0 Å². The molecule has 1 aliphatic carbocycles. The second-order valence-corrected chi connectivity index (χ2v) is 7.61. The molecule has 0 aromatic heterocycles. The van der Waals surface area contributed by atoms with Gasteiger partial charge in [0.15, 0.2) is 0 Å². The summed E-state index contributed by atoms with van der Waals surface area (Å²) in [7, 11) is 2.14. The quantitative estimate of drug-likeness (QED) is 0.805. The van der Waals surface area contributed by atoms with E-state index in [1.165, 1.54) is 6.42 Å². The lowest BCUT2D eigenvalue weighted by molar-refractivity contribution is -0.0883. The van der Waals surface area contributed by atoms with E-state index in [0.29, 0.717) is 24.1 Å². The molecule has 5 nitrogen and oxygen atoms in total.